The van der Waals surface area contributed by atoms with Crippen molar-refractivity contribution >= 4 is 23.2 Å². The maximum atomic E-state index is 13.7. The molecule has 0 aliphatic carbocycles. The van der Waals surface area contributed by atoms with Gasteiger partial charge < -0.3 is 15.2 Å². The van der Waals surface area contributed by atoms with E-state index in [-0.39, 0.29) is 28.2 Å². The van der Waals surface area contributed by atoms with Gasteiger partial charge in [-0.15, -0.1) is 0 Å². The van der Waals surface area contributed by atoms with E-state index in [2.05, 4.69) is 30.6 Å². The van der Waals surface area contributed by atoms with Crippen molar-refractivity contribution in [1.82, 2.24) is 24.5 Å². The van der Waals surface area contributed by atoms with Crippen LogP contribution in [0, 0.1) is 13.8 Å². The van der Waals surface area contributed by atoms with Crippen molar-refractivity contribution in [1.29, 1.82) is 0 Å². The van der Waals surface area contributed by atoms with Crippen LogP contribution in [0.1, 0.15) is 39.5 Å². The molecule has 2 aromatic carbocycles. The third kappa shape index (κ3) is 5.93. The minimum absolute atomic E-state index is 0.0644. The van der Waals surface area contributed by atoms with Crippen LogP contribution in [0.15, 0.2) is 85.6 Å². The number of benzene rings is 2. The Bertz CT molecular complexity index is 2090. The summed E-state index contributed by atoms with van der Waals surface area (Å²) in [5, 5.41) is 4.99. The highest BCUT2D eigenvalue weighted by Crippen LogP contribution is 2.33. The number of rotatable bonds is 6. The van der Waals surface area contributed by atoms with Crippen molar-refractivity contribution < 1.29 is 30.3 Å². The van der Waals surface area contributed by atoms with Gasteiger partial charge in [0.2, 0.25) is 5.95 Å². The fourth-order valence-electron chi connectivity index (χ4n) is 3.48. The number of hydrogen-bond donors (Lipinski definition) is 2. The van der Waals surface area contributed by atoms with Gasteiger partial charge in [-0.25, -0.2) is 15.0 Å². The minimum Gasteiger partial charge on any atom is -0.324 e. The van der Waals surface area contributed by atoms with Gasteiger partial charge in [-0.2, -0.15) is 13.2 Å². The van der Waals surface area contributed by atoms with Crippen molar-refractivity contribution in [2.45, 2.75) is 20.0 Å². The Morgan fingerprint density at radius 3 is 2.74 bits per heavy atom. The van der Waals surface area contributed by atoms with Crippen molar-refractivity contribution in [3.8, 4) is 16.9 Å². The molecular formula is C28H22F3N7O. The number of hydrogen-bond acceptors (Lipinski definition) is 6. The van der Waals surface area contributed by atoms with E-state index < -0.39 is 78.4 Å². The number of aryl methyl sites for hydroxylation is 2. The first-order valence-corrected chi connectivity index (χ1v) is 11.1. The second-order valence-electron chi connectivity index (χ2n) is 8.12. The topological polar surface area (TPSA) is 97.6 Å². The Hall–Kier alpha value is -5.06. The standard InChI is InChI=1S/C28H22F3N7O/c1-17-5-6-19(10-25(17)37-27-33-9-7-24(36-27)20-4-3-8-32-14-20)26(39)35-22-11-21(28(29,30)31)12-23(13-22)38-15-18(2)34-16-38/h3-16H,1-2H3,(H,35,39)(H,33,36,37)/i1D3,3D,4D,7D,8D,9D,14D. The molecule has 0 spiro atoms. The highest BCUT2D eigenvalue weighted by Gasteiger charge is 2.31. The van der Waals surface area contributed by atoms with Gasteiger partial charge in [-0.05, 0) is 67.8 Å². The van der Waals surface area contributed by atoms with Crippen LogP contribution in [0.2, 0.25) is 0 Å². The summed E-state index contributed by atoms with van der Waals surface area (Å²) in [5.74, 6) is -1.39. The molecule has 0 aliphatic rings. The van der Waals surface area contributed by atoms with Crippen molar-refractivity contribution in [3.63, 3.8) is 0 Å². The van der Waals surface area contributed by atoms with Crippen LogP contribution in [0.3, 0.4) is 0 Å². The number of imidazole rings is 1. The van der Waals surface area contributed by atoms with Crippen LogP contribution in [-0.2, 0) is 6.18 Å². The van der Waals surface area contributed by atoms with Crippen molar-refractivity contribution in [3.05, 3.63) is 108 Å². The lowest BCUT2D eigenvalue weighted by atomic mass is 10.1. The van der Waals surface area contributed by atoms with E-state index in [1.54, 1.807) is 6.92 Å². The van der Waals surface area contributed by atoms with Gasteiger partial charge in [0.15, 0.2) is 0 Å². The highest BCUT2D eigenvalue weighted by atomic mass is 19.4. The molecular weight excluding hydrogens is 507 g/mol. The molecule has 0 unspecified atom stereocenters. The van der Waals surface area contributed by atoms with Crippen LogP contribution in [0.4, 0.5) is 30.5 Å². The Morgan fingerprint density at radius 1 is 1.10 bits per heavy atom. The van der Waals surface area contributed by atoms with E-state index >= 15 is 0 Å². The Kier molecular flexibility index (Phi) is 4.44. The van der Waals surface area contributed by atoms with Crippen LogP contribution >= 0.6 is 0 Å². The number of carbonyl (C=O) groups is 1. The molecule has 3 heterocycles. The molecule has 1 amide bonds. The lowest BCUT2D eigenvalue weighted by Gasteiger charge is -2.14. The molecule has 39 heavy (non-hydrogen) atoms. The van der Waals surface area contributed by atoms with Gasteiger partial charge in [0.1, 0.15) is 0 Å². The zero-order valence-electron chi connectivity index (χ0n) is 28.9. The van der Waals surface area contributed by atoms with E-state index in [0.717, 1.165) is 30.3 Å². The molecule has 11 heteroatoms. The van der Waals surface area contributed by atoms with Gasteiger partial charge >= 0.3 is 6.18 Å². The van der Waals surface area contributed by atoms with Crippen LogP contribution in [0.5, 0.6) is 0 Å². The van der Waals surface area contributed by atoms with Gasteiger partial charge in [-0.3, -0.25) is 9.78 Å². The molecule has 0 bridgehead atoms. The fraction of sp³-hybridized carbons (Fsp3) is 0.107. The minimum atomic E-state index is -4.75. The average Bonchev–Trinajstić information content (AvgIpc) is 3.43. The second-order valence-corrected chi connectivity index (χ2v) is 8.12. The first-order valence-electron chi connectivity index (χ1n) is 15.6. The maximum absolute atomic E-state index is 13.7. The molecule has 2 N–H and O–H groups in total. The zero-order chi connectivity index (χ0) is 35.3. The summed E-state index contributed by atoms with van der Waals surface area (Å²) in [6.07, 6.45) is -3.97. The molecule has 0 saturated heterocycles. The van der Waals surface area contributed by atoms with Crippen molar-refractivity contribution in [2.75, 3.05) is 10.6 Å². The summed E-state index contributed by atoms with van der Waals surface area (Å²) in [6.45, 7) is -1.12. The van der Waals surface area contributed by atoms with Gasteiger partial charge in [-0.1, -0.05) is 6.07 Å². The third-order valence-corrected chi connectivity index (χ3v) is 5.30. The number of halogens is 3. The molecule has 5 aromatic rings. The molecule has 0 fully saturated rings. The van der Waals surface area contributed by atoms with Crippen LogP contribution in [0.25, 0.3) is 16.9 Å². The number of alkyl halides is 3. The lowest BCUT2D eigenvalue weighted by Crippen LogP contribution is -2.14. The molecule has 0 aliphatic heterocycles. The first-order chi connectivity index (χ1) is 22.3. The summed E-state index contributed by atoms with van der Waals surface area (Å²) in [4.78, 5) is 28.8. The van der Waals surface area contributed by atoms with E-state index in [0.29, 0.717) is 5.69 Å². The molecule has 5 rings (SSSR count). The SMILES string of the molecule is [2H]c1nc(Nc2cc(C(=O)Nc3cc(-n4cnc(C)c4)cc(C(F)(F)F)c3)ccc2C([2H])([2H])[2H])nc(-c2c([2H])nc([2H])c([2H])c2[2H])c1[2H]. The summed E-state index contributed by atoms with van der Waals surface area (Å²) in [6, 6.07) is 4.28. The fourth-order valence-corrected chi connectivity index (χ4v) is 3.48. The van der Waals surface area contributed by atoms with Crippen LogP contribution < -0.4 is 10.6 Å². The molecule has 8 nitrogen and oxygen atoms in total. The number of aromatic nitrogens is 5. The van der Waals surface area contributed by atoms with E-state index in [9.17, 15) is 18.0 Å². The summed E-state index contributed by atoms with van der Waals surface area (Å²) >= 11 is 0. The molecule has 3 aromatic heterocycles. The van der Waals surface area contributed by atoms with E-state index in [1.165, 1.54) is 23.2 Å². The normalized spacial score (nSPS) is 14.9. The predicted molar refractivity (Wildman–Crippen MR) is 141 cm³/mol. The maximum Gasteiger partial charge on any atom is 0.416 e. The van der Waals surface area contributed by atoms with Gasteiger partial charge in [0, 0.05) is 57.0 Å². The monoisotopic (exact) mass is 538 g/mol. The summed E-state index contributed by atoms with van der Waals surface area (Å²) < 4.78 is 115. The van der Waals surface area contributed by atoms with E-state index in [4.69, 9.17) is 12.3 Å². The first kappa shape index (κ1) is 16.7. The average molecular weight is 539 g/mol. The molecule has 196 valence electrons. The number of pyridine rings is 1. The number of amides is 1. The zero-order valence-corrected chi connectivity index (χ0v) is 19.9. The molecule has 0 atom stereocenters. The summed E-state index contributed by atoms with van der Waals surface area (Å²) in [5.41, 5.74) is -2.35. The van der Waals surface area contributed by atoms with Gasteiger partial charge in [0.25, 0.3) is 5.91 Å². The third-order valence-electron chi connectivity index (χ3n) is 5.30. The number of carbonyl (C=O) groups excluding carboxylic acids is 1. The quantitative estimate of drug-likeness (QED) is 0.261. The Labute approximate surface area is 234 Å². The smallest absolute Gasteiger partial charge is 0.324 e. The Balaban J connectivity index is 1.54. The lowest BCUT2D eigenvalue weighted by molar-refractivity contribution is -0.137. The number of nitrogens with one attached hydrogen (secondary N) is 2. The van der Waals surface area contributed by atoms with Crippen molar-refractivity contribution in [2.24, 2.45) is 0 Å². The predicted octanol–water partition coefficient (Wildman–Crippen LogP) is 6.36. The van der Waals surface area contributed by atoms with E-state index in [1.807, 2.05) is 0 Å². The highest BCUT2D eigenvalue weighted by molar-refractivity contribution is 6.05. The van der Waals surface area contributed by atoms with Crippen LogP contribution in [-0.4, -0.2) is 30.4 Å². The number of anilines is 3. The Morgan fingerprint density at radius 2 is 1.97 bits per heavy atom. The van der Waals surface area contributed by atoms with Gasteiger partial charge in [0.05, 0.1) is 31.5 Å². The second kappa shape index (κ2) is 10.4. The largest absolute Gasteiger partial charge is 0.416 e. The summed E-state index contributed by atoms with van der Waals surface area (Å²) in [7, 11) is 0. The molecule has 0 saturated carbocycles. The number of nitrogens with zero attached hydrogens (tertiary/aromatic N) is 5. The molecule has 0 radical (unpaired) electrons.